The molecule has 2 aromatic rings. The van der Waals surface area contributed by atoms with Gasteiger partial charge < -0.3 is 20.1 Å². The fourth-order valence-corrected chi connectivity index (χ4v) is 3.63. The van der Waals surface area contributed by atoms with Crippen LogP contribution in [-0.2, 0) is 9.47 Å². The average Bonchev–Trinajstić information content (AvgIpc) is 2.93. The summed E-state index contributed by atoms with van der Waals surface area (Å²) in [7, 11) is 0. The molecule has 0 atom stereocenters. The number of ether oxygens (including phenoxy) is 2. The lowest BCUT2D eigenvalue weighted by molar-refractivity contribution is 0.0527. The van der Waals surface area contributed by atoms with Gasteiger partial charge in [-0.3, -0.25) is 0 Å². The molecule has 0 bridgehead atoms. The van der Waals surface area contributed by atoms with E-state index in [1.807, 2.05) is 0 Å². The Balaban J connectivity index is 2.32. The molecule has 2 rings (SSSR count). The average molecular weight is 410 g/mol. The van der Waals surface area contributed by atoms with Crippen LogP contribution in [-0.4, -0.2) is 30.3 Å². The van der Waals surface area contributed by atoms with E-state index in [9.17, 15) is 14.0 Å². The summed E-state index contributed by atoms with van der Waals surface area (Å²) in [6.45, 7) is 5.40. The molecule has 0 radical (unpaired) electrons. The Labute approximate surface area is 165 Å². The van der Waals surface area contributed by atoms with Gasteiger partial charge in [0.25, 0.3) is 0 Å². The van der Waals surface area contributed by atoms with Crippen LogP contribution in [0.4, 0.5) is 15.1 Å². The molecule has 0 aliphatic rings. The summed E-state index contributed by atoms with van der Waals surface area (Å²) in [5.41, 5.74) is 0.822. The number of nitrogens with one attached hydrogen (secondary N) is 2. The predicted octanol–water partition coefficient (Wildman–Crippen LogP) is 4.36. The summed E-state index contributed by atoms with van der Waals surface area (Å²) in [6.07, 6.45) is 0. The Hall–Kier alpha value is -2.52. The molecule has 0 unspecified atom stereocenters. The van der Waals surface area contributed by atoms with Crippen molar-refractivity contribution in [1.82, 2.24) is 0 Å². The van der Waals surface area contributed by atoms with Crippen molar-refractivity contribution in [2.75, 3.05) is 23.8 Å². The first-order valence-electron chi connectivity index (χ1n) is 8.19. The number of halogens is 1. The van der Waals surface area contributed by atoms with E-state index in [-0.39, 0.29) is 34.5 Å². The van der Waals surface area contributed by atoms with E-state index in [0.717, 1.165) is 11.3 Å². The van der Waals surface area contributed by atoms with E-state index in [1.165, 1.54) is 12.1 Å². The minimum Gasteiger partial charge on any atom is -0.462 e. The quantitative estimate of drug-likeness (QED) is 0.541. The van der Waals surface area contributed by atoms with Crippen molar-refractivity contribution in [1.29, 1.82) is 0 Å². The third-order valence-corrected chi connectivity index (χ3v) is 4.83. The maximum Gasteiger partial charge on any atom is 0.348 e. The highest BCUT2D eigenvalue weighted by Crippen LogP contribution is 2.34. The van der Waals surface area contributed by atoms with Gasteiger partial charge in [0.05, 0.1) is 24.5 Å². The van der Waals surface area contributed by atoms with E-state index in [1.54, 1.807) is 32.9 Å². The molecule has 0 amide bonds. The van der Waals surface area contributed by atoms with Gasteiger partial charge in [-0.25, -0.2) is 14.0 Å². The van der Waals surface area contributed by atoms with E-state index < -0.39 is 17.8 Å². The molecule has 6 nitrogen and oxygen atoms in total. The number of hydrogen-bond donors (Lipinski definition) is 2. The van der Waals surface area contributed by atoms with E-state index in [0.29, 0.717) is 10.6 Å². The molecule has 1 aromatic carbocycles. The lowest BCUT2D eigenvalue weighted by atomic mass is 10.1. The summed E-state index contributed by atoms with van der Waals surface area (Å²) in [6, 6.07) is 6.04. The Morgan fingerprint density at radius 3 is 2.37 bits per heavy atom. The van der Waals surface area contributed by atoms with Crippen LogP contribution in [0.2, 0.25) is 0 Å². The number of thiophene rings is 1. The van der Waals surface area contributed by atoms with Crippen molar-refractivity contribution in [3.8, 4) is 0 Å². The Bertz CT molecular complexity index is 867. The van der Waals surface area contributed by atoms with Crippen LogP contribution in [0, 0.1) is 12.7 Å². The summed E-state index contributed by atoms with van der Waals surface area (Å²) < 4.78 is 23.9. The largest absolute Gasteiger partial charge is 0.462 e. The van der Waals surface area contributed by atoms with Crippen molar-refractivity contribution in [3.05, 3.63) is 46.1 Å². The van der Waals surface area contributed by atoms with Gasteiger partial charge in [-0.1, -0.05) is 12.1 Å². The van der Waals surface area contributed by atoms with Gasteiger partial charge in [-0.2, -0.15) is 0 Å². The minimum absolute atomic E-state index is 0.0716. The molecule has 9 heteroatoms. The maximum atomic E-state index is 13.8. The van der Waals surface area contributed by atoms with Crippen LogP contribution < -0.4 is 10.6 Å². The number of carbonyl (C=O) groups is 2. The first-order chi connectivity index (χ1) is 12.9. The van der Waals surface area contributed by atoms with E-state index in [2.05, 4.69) is 10.6 Å². The number of carbonyl (C=O) groups excluding carboxylic acids is 2. The van der Waals surface area contributed by atoms with Gasteiger partial charge in [0.1, 0.15) is 15.7 Å². The molecule has 0 spiro atoms. The van der Waals surface area contributed by atoms with Crippen molar-refractivity contribution in [2.45, 2.75) is 20.8 Å². The topological polar surface area (TPSA) is 76.7 Å². The van der Waals surface area contributed by atoms with Crippen LogP contribution in [0.15, 0.2) is 24.3 Å². The van der Waals surface area contributed by atoms with Gasteiger partial charge in [-0.15, -0.1) is 11.3 Å². The fraction of sp³-hybridized carbons (Fsp3) is 0.278. The second kappa shape index (κ2) is 9.43. The van der Waals surface area contributed by atoms with Crippen LogP contribution in [0.3, 0.4) is 0 Å². The monoisotopic (exact) mass is 410 g/mol. The summed E-state index contributed by atoms with van der Waals surface area (Å²) in [5.74, 6) is -1.59. The second-order valence-corrected chi connectivity index (χ2v) is 6.69. The molecular weight excluding hydrogens is 391 g/mol. The Morgan fingerprint density at radius 2 is 1.74 bits per heavy atom. The third-order valence-electron chi connectivity index (χ3n) is 3.44. The van der Waals surface area contributed by atoms with Crippen LogP contribution in [0.25, 0.3) is 0 Å². The summed E-state index contributed by atoms with van der Waals surface area (Å²) in [4.78, 5) is 24.8. The van der Waals surface area contributed by atoms with Crippen LogP contribution in [0.1, 0.15) is 39.4 Å². The molecule has 0 saturated carbocycles. The molecule has 2 N–H and O–H groups in total. The van der Waals surface area contributed by atoms with E-state index >= 15 is 0 Å². The Kier molecular flexibility index (Phi) is 7.26. The highest BCUT2D eigenvalue weighted by atomic mass is 32.1. The van der Waals surface area contributed by atoms with Gasteiger partial charge in [0.15, 0.2) is 5.11 Å². The lowest BCUT2D eigenvalue weighted by Gasteiger charge is -2.11. The first-order valence-corrected chi connectivity index (χ1v) is 9.41. The van der Waals surface area contributed by atoms with Crippen LogP contribution in [0.5, 0.6) is 0 Å². The normalized spacial score (nSPS) is 10.2. The van der Waals surface area contributed by atoms with Crippen molar-refractivity contribution < 1.29 is 23.5 Å². The number of para-hydroxylation sites is 1. The van der Waals surface area contributed by atoms with Gasteiger partial charge in [0, 0.05) is 0 Å². The fourth-order valence-electron chi connectivity index (χ4n) is 2.26. The molecule has 0 aliphatic carbocycles. The third kappa shape index (κ3) is 5.01. The zero-order valence-corrected chi connectivity index (χ0v) is 16.7. The molecule has 0 aliphatic heterocycles. The van der Waals surface area contributed by atoms with E-state index in [4.69, 9.17) is 21.7 Å². The molecular formula is C18H19FN2O4S2. The number of hydrogen-bond acceptors (Lipinski definition) is 6. The van der Waals surface area contributed by atoms with Gasteiger partial charge in [0.2, 0.25) is 0 Å². The molecule has 0 saturated heterocycles. The standard InChI is InChI=1S/C18H19FN2O4S2/c1-4-24-16(22)13-10(3)14(17(23)25-5-2)27-15(13)21-18(26)20-12-9-7-6-8-11(12)19/h6-9H,4-5H2,1-3H3,(H2,20,21,26). The summed E-state index contributed by atoms with van der Waals surface area (Å²) in [5, 5.41) is 5.96. The number of benzene rings is 1. The number of esters is 2. The van der Waals surface area contributed by atoms with Crippen molar-refractivity contribution in [3.63, 3.8) is 0 Å². The van der Waals surface area contributed by atoms with Crippen molar-refractivity contribution >= 4 is 51.3 Å². The maximum absolute atomic E-state index is 13.8. The zero-order valence-electron chi connectivity index (χ0n) is 15.1. The smallest absolute Gasteiger partial charge is 0.348 e. The SMILES string of the molecule is CCOC(=O)c1sc(NC(=S)Nc2ccccc2F)c(C(=O)OCC)c1C. The number of rotatable bonds is 6. The minimum atomic E-state index is -0.585. The Morgan fingerprint density at radius 1 is 1.11 bits per heavy atom. The lowest BCUT2D eigenvalue weighted by Crippen LogP contribution is -2.20. The van der Waals surface area contributed by atoms with Gasteiger partial charge in [-0.05, 0) is 50.7 Å². The van der Waals surface area contributed by atoms with Crippen molar-refractivity contribution in [2.24, 2.45) is 0 Å². The first kappa shape index (κ1) is 20.8. The zero-order chi connectivity index (χ0) is 20.0. The second-order valence-electron chi connectivity index (χ2n) is 5.26. The number of anilines is 2. The molecule has 1 heterocycles. The van der Waals surface area contributed by atoms with Crippen LogP contribution >= 0.6 is 23.6 Å². The van der Waals surface area contributed by atoms with Gasteiger partial charge >= 0.3 is 11.9 Å². The highest BCUT2D eigenvalue weighted by molar-refractivity contribution is 7.80. The molecule has 0 fully saturated rings. The predicted molar refractivity (Wildman–Crippen MR) is 107 cm³/mol. The highest BCUT2D eigenvalue weighted by Gasteiger charge is 2.26. The summed E-state index contributed by atoms with van der Waals surface area (Å²) >= 11 is 6.23. The number of thiocarbonyl (C=S) groups is 1. The molecule has 1 aromatic heterocycles. The molecule has 144 valence electrons. The molecule has 27 heavy (non-hydrogen) atoms.